The summed E-state index contributed by atoms with van der Waals surface area (Å²) in [6, 6.07) is 23.5. The van der Waals surface area contributed by atoms with E-state index in [1.54, 1.807) is 0 Å². The van der Waals surface area contributed by atoms with Gasteiger partial charge in [0.25, 0.3) is 0 Å². The van der Waals surface area contributed by atoms with Gasteiger partial charge in [-0.05, 0) is 43.4 Å². The maximum absolute atomic E-state index is 2.81. The van der Waals surface area contributed by atoms with E-state index < -0.39 is 0 Å². The molecule has 2 aromatic rings. The molecule has 0 bridgehead atoms. The van der Waals surface area contributed by atoms with Crippen molar-refractivity contribution in [3.05, 3.63) is 71.8 Å². The topological polar surface area (TPSA) is 3.24 Å². The minimum Gasteiger partial charge on any atom is -0.289 e. The summed E-state index contributed by atoms with van der Waals surface area (Å²) in [4.78, 5) is 2.81. The monoisotopic (exact) mass is 335 g/mol. The molecule has 2 aromatic carbocycles. The van der Waals surface area contributed by atoms with Gasteiger partial charge in [0, 0.05) is 12.1 Å². The van der Waals surface area contributed by atoms with E-state index in [2.05, 4.69) is 72.5 Å². The number of rotatable bonds is 8. The number of piperidine rings is 1. The summed E-state index contributed by atoms with van der Waals surface area (Å²) in [6.45, 7) is 3.52. The third-order valence-electron chi connectivity index (χ3n) is 5.64. The Morgan fingerprint density at radius 1 is 0.720 bits per heavy atom. The lowest BCUT2D eigenvalue weighted by Crippen LogP contribution is -2.37. The van der Waals surface area contributed by atoms with Crippen LogP contribution in [0, 0.1) is 0 Å². The van der Waals surface area contributed by atoms with Crippen LogP contribution in [0.2, 0.25) is 0 Å². The standard InChI is InChI=1S/C24H33N/c1-2-3-4-5-12-20-25-23(21-14-8-6-9-15-21)18-13-19-24(25)22-16-10-7-11-17-22/h6-11,14-17,23-24H,2-5,12-13,18-20H2,1H3/t23-,24+. The second-order valence-electron chi connectivity index (χ2n) is 7.44. The SMILES string of the molecule is CCCCCCCN1[C@@H](c2ccccc2)CCC[C@H]1c1ccccc1. The highest BCUT2D eigenvalue weighted by Gasteiger charge is 2.31. The number of hydrogen-bond acceptors (Lipinski definition) is 1. The van der Waals surface area contributed by atoms with E-state index in [0.717, 1.165) is 0 Å². The van der Waals surface area contributed by atoms with Crippen molar-refractivity contribution in [3.8, 4) is 0 Å². The van der Waals surface area contributed by atoms with Gasteiger partial charge in [-0.3, -0.25) is 4.90 Å². The van der Waals surface area contributed by atoms with Gasteiger partial charge in [0.2, 0.25) is 0 Å². The molecule has 0 N–H and O–H groups in total. The number of unbranched alkanes of at least 4 members (excludes halogenated alkanes) is 4. The average molecular weight is 336 g/mol. The highest BCUT2D eigenvalue weighted by molar-refractivity contribution is 5.24. The molecule has 1 aliphatic rings. The van der Waals surface area contributed by atoms with Crippen LogP contribution in [0.25, 0.3) is 0 Å². The molecule has 0 spiro atoms. The lowest BCUT2D eigenvalue weighted by molar-refractivity contribution is 0.0796. The van der Waals surface area contributed by atoms with Crippen molar-refractivity contribution in [1.29, 1.82) is 0 Å². The molecule has 1 saturated heterocycles. The van der Waals surface area contributed by atoms with Gasteiger partial charge in [-0.1, -0.05) is 93.3 Å². The number of nitrogens with zero attached hydrogens (tertiary/aromatic N) is 1. The highest BCUT2D eigenvalue weighted by atomic mass is 15.2. The molecule has 0 aromatic heterocycles. The largest absolute Gasteiger partial charge is 0.289 e. The molecule has 3 rings (SSSR count). The van der Waals surface area contributed by atoms with Crippen molar-refractivity contribution < 1.29 is 0 Å². The zero-order chi connectivity index (χ0) is 17.3. The summed E-state index contributed by atoms with van der Waals surface area (Å²) in [6.07, 6.45) is 10.7. The molecule has 0 aliphatic carbocycles. The van der Waals surface area contributed by atoms with Gasteiger partial charge in [-0.2, -0.15) is 0 Å². The van der Waals surface area contributed by atoms with Crippen LogP contribution in [0.5, 0.6) is 0 Å². The van der Waals surface area contributed by atoms with Crippen molar-refractivity contribution in [2.45, 2.75) is 70.4 Å². The third-order valence-corrected chi connectivity index (χ3v) is 5.64. The van der Waals surface area contributed by atoms with Crippen molar-refractivity contribution >= 4 is 0 Å². The summed E-state index contributed by atoms with van der Waals surface area (Å²) < 4.78 is 0. The second-order valence-corrected chi connectivity index (χ2v) is 7.44. The Bertz CT molecular complexity index is 545. The first kappa shape index (κ1) is 18.2. The smallest absolute Gasteiger partial charge is 0.0354 e. The Kier molecular flexibility index (Phi) is 7.11. The average Bonchev–Trinajstić information content (AvgIpc) is 2.69. The lowest BCUT2D eigenvalue weighted by atomic mass is 9.87. The minimum atomic E-state index is 0.575. The molecule has 1 fully saturated rings. The first-order valence-electron chi connectivity index (χ1n) is 10.3. The van der Waals surface area contributed by atoms with Crippen LogP contribution >= 0.6 is 0 Å². The van der Waals surface area contributed by atoms with Crippen LogP contribution in [-0.4, -0.2) is 11.4 Å². The number of hydrogen-bond donors (Lipinski definition) is 0. The summed E-state index contributed by atoms with van der Waals surface area (Å²) in [5.41, 5.74) is 2.99. The Labute approximate surface area is 154 Å². The highest BCUT2D eigenvalue weighted by Crippen LogP contribution is 2.41. The molecule has 2 atom stereocenters. The van der Waals surface area contributed by atoms with Gasteiger partial charge < -0.3 is 0 Å². The van der Waals surface area contributed by atoms with E-state index in [0.29, 0.717) is 12.1 Å². The molecule has 1 nitrogen and oxygen atoms in total. The maximum Gasteiger partial charge on any atom is 0.0354 e. The Hall–Kier alpha value is -1.60. The fourth-order valence-corrected chi connectivity index (χ4v) is 4.33. The molecule has 1 aliphatic heterocycles. The summed E-state index contributed by atoms with van der Waals surface area (Å²) >= 11 is 0. The van der Waals surface area contributed by atoms with Crippen molar-refractivity contribution in [3.63, 3.8) is 0 Å². The number of benzene rings is 2. The van der Waals surface area contributed by atoms with Crippen LogP contribution in [0.3, 0.4) is 0 Å². The van der Waals surface area contributed by atoms with Gasteiger partial charge in [0.1, 0.15) is 0 Å². The lowest BCUT2D eigenvalue weighted by Gasteiger charge is -2.43. The third kappa shape index (κ3) is 4.95. The molecule has 1 heteroatoms. The molecule has 0 unspecified atom stereocenters. The van der Waals surface area contributed by atoms with Crippen LogP contribution in [-0.2, 0) is 0 Å². The molecule has 1 heterocycles. The Morgan fingerprint density at radius 3 is 1.76 bits per heavy atom. The molecule has 0 radical (unpaired) electrons. The van der Waals surface area contributed by atoms with E-state index in [-0.39, 0.29) is 0 Å². The Balaban J connectivity index is 1.76. The molecule has 0 amide bonds. The summed E-state index contributed by atoms with van der Waals surface area (Å²) in [5.74, 6) is 0. The van der Waals surface area contributed by atoms with E-state index >= 15 is 0 Å². The van der Waals surface area contributed by atoms with E-state index in [4.69, 9.17) is 0 Å². The fourth-order valence-electron chi connectivity index (χ4n) is 4.33. The van der Waals surface area contributed by atoms with Crippen LogP contribution in [0.1, 0.15) is 81.5 Å². The zero-order valence-electron chi connectivity index (χ0n) is 15.7. The van der Waals surface area contributed by atoms with Crippen molar-refractivity contribution in [2.75, 3.05) is 6.54 Å². The fraction of sp³-hybridized carbons (Fsp3) is 0.500. The molecule has 25 heavy (non-hydrogen) atoms. The van der Waals surface area contributed by atoms with Crippen molar-refractivity contribution in [2.24, 2.45) is 0 Å². The van der Waals surface area contributed by atoms with Crippen LogP contribution in [0.15, 0.2) is 60.7 Å². The Morgan fingerprint density at radius 2 is 1.24 bits per heavy atom. The van der Waals surface area contributed by atoms with Crippen LogP contribution < -0.4 is 0 Å². The predicted octanol–water partition coefficient (Wildman–Crippen LogP) is 6.93. The second kappa shape index (κ2) is 9.77. The first-order valence-corrected chi connectivity index (χ1v) is 10.3. The van der Waals surface area contributed by atoms with Crippen molar-refractivity contribution in [1.82, 2.24) is 4.90 Å². The summed E-state index contributed by atoms with van der Waals surface area (Å²) in [5, 5.41) is 0. The minimum absolute atomic E-state index is 0.575. The van der Waals surface area contributed by atoms with Gasteiger partial charge in [0.05, 0.1) is 0 Å². The molecular formula is C24H33N. The zero-order valence-corrected chi connectivity index (χ0v) is 15.7. The normalized spacial score (nSPS) is 21.3. The van der Waals surface area contributed by atoms with Gasteiger partial charge in [0.15, 0.2) is 0 Å². The summed E-state index contributed by atoms with van der Waals surface area (Å²) in [7, 11) is 0. The predicted molar refractivity (Wildman–Crippen MR) is 108 cm³/mol. The van der Waals surface area contributed by atoms with Gasteiger partial charge >= 0.3 is 0 Å². The van der Waals surface area contributed by atoms with E-state index in [9.17, 15) is 0 Å². The number of likely N-dealkylation sites (tertiary alicyclic amines) is 1. The van der Waals surface area contributed by atoms with Gasteiger partial charge in [-0.25, -0.2) is 0 Å². The molecule has 0 saturated carbocycles. The maximum atomic E-state index is 2.81. The van der Waals surface area contributed by atoms with E-state index in [1.807, 2.05) is 0 Å². The van der Waals surface area contributed by atoms with E-state index in [1.165, 1.54) is 69.0 Å². The molecular weight excluding hydrogens is 302 g/mol. The van der Waals surface area contributed by atoms with Crippen LogP contribution in [0.4, 0.5) is 0 Å². The quantitative estimate of drug-likeness (QED) is 0.473. The van der Waals surface area contributed by atoms with Gasteiger partial charge in [-0.15, -0.1) is 0 Å². The molecule has 134 valence electrons. The first-order chi connectivity index (χ1) is 12.4.